The van der Waals surface area contributed by atoms with E-state index < -0.39 is 5.60 Å². The van der Waals surface area contributed by atoms with Gasteiger partial charge in [-0.15, -0.1) is 12.4 Å². The van der Waals surface area contributed by atoms with Crippen molar-refractivity contribution >= 4 is 23.3 Å². The number of halogens is 1. The molecule has 3 rings (SSSR count). The molecule has 1 aromatic heterocycles. The number of hydrogen-bond acceptors (Lipinski definition) is 4. The Morgan fingerprint density at radius 2 is 2.29 bits per heavy atom. The van der Waals surface area contributed by atoms with E-state index in [1.54, 1.807) is 0 Å². The van der Waals surface area contributed by atoms with Crippen LogP contribution in [0.25, 0.3) is 10.9 Å². The van der Waals surface area contributed by atoms with Crippen molar-refractivity contribution in [2.45, 2.75) is 31.9 Å². The molecule has 1 aromatic carbocycles. The topological polar surface area (TPSA) is 67.2 Å². The van der Waals surface area contributed by atoms with E-state index in [0.717, 1.165) is 18.5 Å². The van der Waals surface area contributed by atoms with Gasteiger partial charge in [-0.05, 0) is 37.9 Å². The van der Waals surface area contributed by atoms with Crippen LogP contribution in [0.2, 0.25) is 0 Å². The fourth-order valence-electron chi connectivity index (χ4n) is 2.88. The number of benzene rings is 1. The van der Waals surface area contributed by atoms with Crippen LogP contribution in [0.15, 0.2) is 29.3 Å². The molecule has 5 nitrogen and oxygen atoms in total. The Labute approximate surface area is 129 Å². The number of aryl methyl sites for hydroxylation is 1. The summed E-state index contributed by atoms with van der Waals surface area (Å²) < 4.78 is 1.53. The quantitative estimate of drug-likeness (QED) is 0.876. The average molecular weight is 310 g/mol. The molecule has 21 heavy (non-hydrogen) atoms. The zero-order valence-corrected chi connectivity index (χ0v) is 12.8. The van der Waals surface area contributed by atoms with Gasteiger partial charge in [0.1, 0.15) is 0 Å². The fraction of sp³-hybridized carbons (Fsp3) is 0.467. The molecule has 2 heterocycles. The van der Waals surface area contributed by atoms with Gasteiger partial charge in [0.25, 0.3) is 5.56 Å². The second-order valence-electron chi connectivity index (χ2n) is 5.65. The lowest BCUT2D eigenvalue weighted by Gasteiger charge is -2.33. The van der Waals surface area contributed by atoms with Gasteiger partial charge in [0, 0.05) is 6.54 Å². The highest BCUT2D eigenvalue weighted by Gasteiger charge is 2.30. The van der Waals surface area contributed by atoms with Crippen LogP contribution >= 0.6 is 12.4 Å². The van der Waals surface area contributed by atoms with Crippen LogP contribution < -0.4 is 10.9 Å². The van der Waals surface area contributed by atoms with Gasteiger partial charge in [-0.25, -0.2) is 4.98 Å². The molecule has 0 saturated carbocycles. The van der Waals surface area contributed by atoms with Crippen LogP contribution in [0.3, 0.4) is 0 Å². The predicted molar refractivity (Wildman–Crippen MR) is 85.0 cm³/mol. The normalized spacial score (nSPS) is 22.0. The van der Waals surface area contributed by atoms with Crippen LogP contribution in [0.1, 0.15) is 18.4 Å². The number of β-amino-alcohol motifs (C(OH)–C–C–N with tert-alkyl or cyclic N) is 1. The molecule has 0 amide bonds. The smallest absolute Gasteiger partial charge is 0.261 e. The molecular formula is C15H20ClN3O2. The van der Waals surface area contributed by atoms with Crippen molar-refractivity contribution in [3.8, 4) is 0 Å². The standard InChI is InChI=1S/C15H19N3O2.ClH/c1-11-4-2-5-12-13(11)14(19)18(10-17-12)9-15(20)6-3-7-16-8-15;/h2,4-5,10,16,20H,3,6-9H2,1H3;1H. The van der Waals surface area contributed by atoms with Crippen molar-refractivity contribution in [3.63, 3.8) is 0 Å². The lowest BCUT2D eigenvalue weighted by atomic mass is 9.94. The molecule has 0 radical (unpaired) electrons. The molecular weight excluding hydrogens is 290 g/mol. The number of aliphatic hydroxyl groups is 1. The Balaban J connectivity index is 0.00000161. The summed E-state index contributed by atoms with van der Waals surface area (Å²) in [5.74, 6) is 0. The molecule has 0 aliphatic carbocycles. The van der Waals surface area contributed by atoms with Crippen molar-refractivity contribution in [3.05, 3.63) is 40.4 Å². The minimum atomic E-state index is -0.861. The number of rotatable bonds is 2. The predicted octanol–water partition coefficient (Wildman–Crippen LogP) is 1.24. The van der Waals surface area contributed by atoms with E-state index >= 15 is 0 Å². The lowest BCUT2D eigenvalue weighted by molar-refractivity contribution is -0.000249. The highest BCUT2D eigenvalue weighted by atomic mass is 35.5. The Morgan fingerprint density at radius 3 is 3.00 bits per heavy atom. The molecule has 0 spiro atoms. The number of piperidine rings is 1. The van der Waals surface area contributed by atoms with Crippen LogP contribution in [-0.2, 0) is 6.54 Å². The second kappa shape index (κ2) is 6.13. The van der Waals surface area contributed by atoms with Crippen molar-refractivity contribution in [1.82, 2.24) is 14.9 Å². The van der Waals surface area contributed by atoms with Crippen LogP contribution in [0.4, 0.5) is 0 Å². The van der Waals surface area contributed by atoms with Gasteiger partial charge in [-0.2, -0.15) is 0 Å². The third kappa shape index (κ3) is 3.10. The van der Waals surface area contributed by atoms with Gasteiger partial charge in [0.2, 0.25) is 0 Å². The first kappa shape index (κ1) is 15.9. The SMILES string of the molecule is Cc1cccc2ncn(CC3(O)CCCNC3)c(=O)c12.Cl. The molecule has 2 aromatic rings. The Kier molecular flexibility index (Phi) is 4.66. The number of nitrogens with zero attached hydrogens (tertiary/aromatic N) is 2. The molecule has 1 unspecified atom stereocenters. The van der Waals surface area contributed by atoms with Gasteiger partial charge in [-0.3, -0.25) is 9.36 Å². The monoisotopic (exact) mass is 309 g/mol. The van der Waals surface area contributed by atoms with E-state index in [9.17, 15) is 9.90 Å². The van der Waals surface area contributed by atoms with E-state index in [1.165, 1.54) is 10.9 Å². The van der Waals surface area contributed by atoms with E-state index in [4.69, 9.17) is 0 Å². The minimum absolute atomic E-state index is 0. The minimum Gasteiger partial charge on any atom is -0.387 e. The third-order valence-corrected chi connectivity index (χ3v) is 3.98. The maximum absolute atomic E-state index is 12.6. The van der Waals surface area contributed by atoms with Crippen LogP contribution in [-0.4, -0.2) is 33.3 Å². The average Bonchev–Trinajstić information content (AvgIpc) is 2.43. The molecule has 114 valence electrons. The molecule has 1 atom stereocenters. The first-order valence-corrected chi connectivity index (χ1v) is 6.97. The van der Waals surface area contributed by atoms with Crippen LogP contribution in [0.5, 0.6) is 0 Å². The van der Waals surface area contributed by atoms with Crippen molar-refractivity contribution in [2.24, 2.45) is 0 Å². The van der Waals surface area contributed by atoms with E-state index in [2.05, 4.69) is 10.3 Å². The van der Waals surface area contributed by atoms with Crippen LogP contribution in [0, 0.1) is 6.92 Å². The Hall–Kier alpha value is -1.43. The largest absolute Gasteiger partial charge is 0.387 e. The molecule has 1 aliphatic heterocycles. The summed E-state index contributed by atoms with van der Waals surface area (Å²) >= 11 is 0. The summed E-state index contributed by atoms with van der Waals surface area (Å²) in [6.07, 6.45) is 3.17. The van der Waals surface area contributed by atoms with Gasteiger partial charge < -0.3 is 10.4 Å². The Bertz CT molecular complexity index is 693. The molecule has 2 N–H and O–H groups in total. The van der Waals surface area contributed by atoms with Gasteiger partial charge in [-0.1, -0.05) is 12.1 Å². The second-order valence-corrected chi connectivity index (χ2v) is 5.65. The zero-order chi connectivity index (χ0) is 14.2. The van der Waals surface area contributed by atoms with Gasteiger partial charge in [0.05, 0.1) is 29.4 Å². The van der Waals surface area contributed by atoms with Crippen molar-refractivity contribution in [1.29, 1.82) is 0 Å². The molecule has 1 saturated heterocycles. The molecule has 6 heteroatoms. The van der Waals surface area contributed by atoms with E-state index in [0.29, 0.717) is 23.9 Å². The summed E-state index contributed by atoms with van der Waals surface area (Å²) in [5.41, 5.74) is 0.690. The number of aromatic nitrogens is 2. The van der Waals surface area contributed by atoms with E-state index in [-0.39, 0.29) is 24.5 Å². The third-order valence-electron chi connectivity index (χ3n) is 3.98. The summed E-state index contributed by atoms with van der Waals surface area (Å²) in [6.45, 7) is 3.64. The lowest BCUT2D eigenvalue weighted by Crippen LogP contribution is -2.49. The number of fused-ring (bicyclic) bond motifs is 1. The fourth-order valence-corrected chi connectivity index (χ4v) is 2.88. The van der Waals surface area contributed by atoms with Crippen molar-refractivity contribution < 1.29 is 5.11 Å². The number of hydrogen-bond donors (Lipinski definition) is 2. The molecule has 1 fully saturated rings. The first-order valence-electron chi connectivity index (χ1n) is 6.97. The summed E-state index contributed by atoms with van der Waals surface area (Å²) in [4.78, 5) is 16.9. The number of nitrogens with one attached hydrogen (secondary N) is 1. The van der Waals surface area contributed by atoms with Gasteiger partial charge in [0.15, 0.2) is 0 Å². The van der Waals surface area contributed by atoms with E-state index in [1.807, 2.05) is 25.1 Å². The zero-order valence-electron chi connectivity index (χ0n) is 12.0. The maximum Gasteiger partial charge on any atom is 0.261 e. The highest BCUT2D eigenvalue weighted by Crippen LogP contribution is 2.18. The maximum atomic E-state index is 12.6. The summed E-state index contributed by atoms with van der Waals surface area (Å²) in [6, 6.07) is 5.64. The van der Waals surface area contributed by atoms with Gasteiger partial charge >= 0.3 is 0 Å². The van der Waals surface area contributed by atoms with Crippen molar-refractivity contribution in [2.75, 3.05) is 13.1 Å². The summed E-state index contributed by atoms with van der Waals surface area (Å²) in [5, 5.41) is 14.4. The summed E-state index contributed by atoms with van der Waals surface area (Å²) in [7, 11) is 0. The molecule has 0 bridgehead atoms. The molecule has 1 aliphatic rings. The highest BCUT2D eigenvalue weighted by molar-refractivity contribution is 5.85. The Morgan fingerprint density at radius 1 is 1.48 bits per heavy atom. The first-order chi connectivity index (χ1) is 9.59.